The van der Waals surface area contributed by atoms with Crippen LogP contribution in [0.4, 0.5) is 0 Å². The van der Waals surface area contributed by atoms with Gasteiger partial charge in [0, 0.05) is 18.3 Å². The predicted octanol–water partition coefficient (Wildman–Crippen LogP) is 2.50. The highest BCUT2D eigenvalue weighted by Gasteiger charge is 2.23. The third-order valence-corrected chi connectivity index (χ3v) is 4.31. The fourth-order valence-electron chi connectivity index (χ4n) is 2.25. The van der Waals surface area contributed by atoms with Crippen LogP contribution in [-0.4, -0.2) is 35.7 Å². The first-order valence-corrected chi connectivity index (χ1v) is 9.35. The Labute approximate surface area is 153 Å². The van der Waals surface area contributed by atoms with Gasteiger partial charge in [-0.25, -0.2) is 9.98 Å². The van der Waals surface area contributed by atoms with Gasteiger partial charge in [-0.1, -0.05) is 6.07 Å². The van der Waals surface area contributed by atoms with E-state index in [1.165, 1.54) is 0 Å². The summed E-state index contributed by atoms with van der Waals surface area (Å²) in [6.45, 7) is 7.83. The summed E-state index contributed by atoms with van der Waals surface area (Å²) in [7, 11) is 0. The van der Waals surface area contributed by atoms with Crippen molar-refractivity contribution in [2.45, 2.75) is 32.9 Å². The molecule has 0 saturated heterocycles. The second kappa shape index (κ2) is 9.39. The number of hydrogen-bond acceptors (Lipinski definition) is 5. The molecule has 2 aromatic heterocycles. The van der Waals surface area contributed by atoms with Gasteiger partial charge in [0.1, 0.15) is 5.60 Å². The highest BCUT2D eigenvalue weighted by Crippen LogP contribution is 2.22. The summed E-state index contributed by atoms with van der Waals surface area (Å²) in [6.07, 6.45) is 1.71. The van der Waals surface area contributed by atoms with Gasteiger partial charge >= 0.3 is 0 Å². The molecule has 0 aliphatic heterocycles. The molecule has 6 nitrogen and oxygen atoms in total. The van der Waals surface area contributed by atoms with Crippen molar-refractivity contribution in [2.24, 2.45) is 4.99 Å². The Morgan fingerprint density at radius 1 is 1.36 bits per heavy atom. The van der Waals surface area contributed by atoms with Crippen LogP contribution in [0.25, 0.3) is 0 Å². The SMILES string of the molecule is CCNC(=NCc1cccnc1OCC)NCC(C)(O)c1ccsc1. The highest BCUT2D eigenvalue weighted by molar-refractivity contribution is 7.08. The lowest BCUT2D eigenvalue weighted by molar-refractivity contribution is 0.0621. The quantitative estimate of drug-likeness (QED) is 0.497. The molecule has 2 rings (SSSR count). The molecule has 0 aliphatic carbocycles. The number of aliphatic hydroxyl groups is 1. The van der Waals surface area contributed by atoms with E-state index >= 15 is 0 Å². The molecule has 0 amide bonds. The second-order valence-electron chi connectivity index (χ2n) is 5.74. The lowest BCUT2D eigenvalue weighted by Gasteiger charge is -2.24. The van der Waals surface area contributed by atoms with Gasteiger partial charge in [-0.2, -0.15) is 11.3 Å². The van der Waals surface area contributed by atoms with Crippen molar-refractivity contribution in [3.05, 3.63) is 46.3 Å². The van der Waals surface area contributed by atoms with Gasteiger partial charge in [0.05, 0.1) is 19.7 Å². The Bertz CT molecular complexity index is 671. The topological polar surface area (TPSA) is 78.8 Å². The summed E-state index contributed by atoms with van der Waals surface area (Å²) in [5.41, 5.74) is 0.860. The fraction of sp³-hybridized carbons (Fsp3) is 0.444. The standard InChI is InChI=1S/C18H26N4O2S/c1-4-19-17(22-13-18(3,23)15-8-10-25-12-15)21-11-14-7-6-9-20-16(14)24-5-2/h6-10,12,23H,4-5,11,13H2,1-3H3,(H2,19,21,22). The van der Waals surface area contributed by atoms with Crippen LogP contribution >= 0.6 is 11.3 Å². The Morgan fingerprint density at radius 3 is 2.88 bits per heavy atom. The zero-order valence-electron chi connectivity index (χ0n) is 15.0. The van der Waals surface area contributed by atoms with E-state index in [2.05, 4.69) is 20.6 Å². The van der Waals surface area contributed by atoms with Crippen molar-refractivity contribution < 1.29 is 9.84 Å². The number of guanidine groups is 1. The Hall–Kier alpha value is -2.12. The predicted molar refractivity (Wildman–Crippen MR) is 102 cm³/mol. The minimum atomic E-state index is -0.957. The molecule has 7 heteroatoms. The average Bonchev–Trinajstić information content (AvgIpc) is 3.14. The first kappa shape index (κ1) is 19.2. The third kappa shape index (κ3) is 5.72. The van der Waals surface area contributed by atoms with E-state index in [1.807, 2.05) is 42.8 Å². The van der Waals surface area contributed by atoms with Crippen LogP contribution in [0.15, 0.2) is 40.1 Å². The maximum atomic E-state index is 10.6. The van der Waals surface area contributed by atoms with Crippen LogP contribution in [0, 0.1) is 0 Å². The molecule has 0 fully saturated rings. The van der Waals surface area contributed by atoms with Crippen LogP contribution in [0.1, 0.15) is 31.9 Å². The number of thiophene rings is 1. The molecule has 0 bridgehead atoms. The number of ether oxygens (including phenoxy) is 1. The molecule has 0 aliphatic rings. The van der Waals surface area contributed by atoms with Crippen LogP contribution in [0.2, 0.25) is 0 Å². The van der Waals surface area contributed by atoms with Gasteiger partial charge in [-0.15, -0.1) is 0 Å². The molecule has 2 heterocycles. The molecule has 0 aromatic carbocycles. The second-order valence-corrected chi connectivity index (χ2v) is 6.52. The number of rotatable bonds is 8. The van der Waals surface area contributed by atoms with E-state index < -0.39 is 5.60 Å². The van der Waals surface area contributed by atoms with Crippen molar-refractivity contribution in [3.8, 4) is 5.88 Å². The average molecular weight is 362 g/mol. The highest BCUT2D eigenvalue weighted by atomic mass is 32.1. The molecule has 136 valence electrons. The van der Waals surface area contributed by atoms with E-state index in [1.54, 1.807) is 24.5 Å². The summed E-state index contributed by atoms with van der Waals surface area (Å²) >= 11 is 1.57. The zero-order valence-corrected chi connectivity index (χ0v) is 15.8. The first-order chi connectivity index (χ1) is 12.1. The Balaban J connectivity index is 2.03. The number of aromatic nitrogens is 1. The van der Waals surface area contributed by atoms with Crippen molar-refractivity contribution in [1.82, 2.24) is 15.6 Å². The smallest absolute Gasteiger partial charge is 0.218 e. The van der Waals surface area contributed by atoms with E-state index in [9.17, 15) is 5.11 Å². The number of nitrogens with one attached hydrogen (secondary N) is 2. The van der Waals surface area contributed by atoms with Crippen molar-refractivity contribution in [1.29, 1.82) is 0 Å². The summed E-state index contributed by atoms with van der Waals surface area (Å²) in [6, 6.07) is 5.75. The third-order valence-electron chi connectivity index (χ3n) is 3.63. The molecule has 0 saturated carbocycles. The van der Waals surface area contributed by atoms with Crippen LogP contribution < -0.4 is 15.4 Å². The normalized spacial score (nSPS) is 14.0. The maximum Gasteiger partial charge on any atom is 0.218 e. The van der Waals surface area contributed by atoms with Crippen LogP contribution in [-0.2, 0) is 12.1 Å². The van der Waals surface area contributed by atoms with E-state index in [0.717, 1.165) is 17.7 Å². The summed E-state index contributed by atoms with van der Waals surface area (Å²) in [5.74, 6) is 1.25. The lowest BCUT2D eigenvalue weighted by atomic mass is 9.99. The monoisotopic (exact) mass is 362 g/mol. The van der Waals surface area contributed by atoms with Crippen molar-refractivity contribution in [3.63, 3.8) is 0 Å². The van der Waals surface area contributed by atoms with Gasteiger partial charge in [0.25, 0.3) is 0 Å². The fourth-order valence-corrected chi connectivity index (χ4v) is 3.03. The molecule has 1 unspecified atom stereocenters. The molecule has 3 N–H and O–H groups in total. The van der Waals surface area contributed by atoms with Gasteiger partial charge in [0.2, 0.25) is 5.88 Å². The molecule has 25 heavy (non-hydrogen) atoms. The Kier molecular flexibility index (Phi) is 7.21. The van der Waals surface area contributed by atoms with Gasteiger partial charge in [-0.05, 0) is 49.2 Å². The molecular formula is C18H26N4O2S. The minimum absolute atomic E-state index is 0.362. The van der Waals surface area contributed by atoms with E-state index in [-0.39, 0.29) is 0 Å². The molecule has 2 aromatic rings. The molecule has 0 spiro atoms. The zero-order chi connectivity index (χ0) is 18.1. The molecule has 1 atom stereocenters. The number of nitrogens with zero attached hydrogens (tertiary/aromatic N) is 2. The molecular weight excluding hydrogens is 336 g/mol. The largest absolute Gasteiger partial charge is 0.478 e. The van der Waals surface area contributed by atoms with Gasteiger partial charge in [-0.3, -0.25) is 0 Å². The number of hydrogen-bond donors (Lipinski definition) is 3. The lowest BCUT2D eigenvalue weighted by Crippen LogP contribution is -2.44. The number of aliphatic imine (C=N–C) groups is 1. The van der Waals surface area contributed by atoms with E-state index in [0.29, 0.717) is 31.5 Å². The van der Waals surface area contributed by atoms with E-state index in [4.69, 9.17) is 4.74 Å². The van der Waals surface area contributed by atoms with Crippen molar-refractivity contribution in [2.75, 3.05) is 19.7 Å². The first-order valence-electron chi connectivity index (χ1n) is 8.40. The molecule has 0 radical (unpaired) electrons. The summed E-state index contributed by atoms with van der Waals surface area (Å²) in [5, 5.41) is 20.9. The minimum Gasteiger partial charge on any atom is -0.478 e. The summed E-state index contributed by atoms with van der Waals surface area (Å²) < 4.78 is 5.53. The van der Waals surface area contributed by atoms with Crippen molar-refractivity contribution >= 4 is 17.3 Å². The van der Waals surface area contributed by atoms with Gasteiger partial charge in [0.15, 0.2) is 5.96 Å². The Morgan fingerprint density at radius 2 is 2.20 bits per heavy atom. The van der Waals surface area contributed by atoms with Gasteiger partial charge < -0.3 is 20.5 Å². The summed E-state index contributed by atoms with van der Waals surface area (Å²) in [4.78, 5) is 8.82. The number of pyridine rings is 1. The van der Waals surface area contributed by atoms with Crippen LogP contribution in [0.5, 0.6) is 5.88 Å². The maximum absolute atomic E-state index is 10.6. The van der Waals surface area contributed by atoms with Crippen LogP contribution in [0.3, 0.4) is 0 Å².